The van der Waals surface area contributed by atoms with E-state index in [2.05, 4.69) is 15.6 Å². The Balaban J connectivity index is 1.50. The molecule has 1 aromatic heterocycles. The van der Waals surface area contributed by atoms with Gasteiger partial charge in [-0.05, 0) is 84.5 Å². The highest BCUT2D eigenvalue weighted by atomic mass is 19.1. The number of nitrogens with one attached hydrogen (secondary N) is 2. The number of amides is 3. The van der Waals surface area contributed by atoms with E-state index in [0.717, 1.165) is 22.8 Å². The first kappa shape index (κ1) is 27.6. The van der Waals surface area contributed by atoms with Crippen molar-refractivity contribution in [3.8, 4) is 11.1 Å². The fourth-order valence-corrected chi connectivity index (χ4v) is 5.47. The molecule has 0 radical (unpaired) electrons. The number of hydrogen-bond acceptors (Lipinski definition) is 4. The van der Waals surface area contributed by atoms with Crippen LogP contribution in [-0.4, -0.2) is 22.7 Å². The number of nitrogens with two attached hydrogens (primary N) is 1. The van der Waals surface area contributed by atoms with Crippen LogP contribution in [0.25, 0.3) is 11.1 Å². The summed E-state index contributed by atoms with van der Waals surface area (Å²) in [5.74, 6) is -3.42. The summed E-state index contributed by atoms with van der Waals surface area (Å²) >= 11 is 0. The van der Waals surface area contributed by atoms with E-state index < -0.39 is 35.4 Å². The molecule has 0 aliphatic carbocycles. The number of anilines is 1. The summed E-state index contributed by atoms with van der Waals surface area (Å²) in [7, 11) is 0. The van der Waals surface area contributed by atoms with E-state index in [1.807, 2.05) is 26.0 Å². The third-order valence-electron chi connectivity index (χ3n) is 7.22. The minimum atomic E-state index is -0.917. The van der Waals surface area contributed by atoms with Crippen LogP contribution in [0, 0.1) is 25.5 Å². The van der Waals surface area contributed by atoms with Crippen molar-refractivity contribution in [3.05, 3.63) is 118 Å². The largest absolute Gasteiger partial charge is 0.366 e. The second-order valence-electron chi connectivity index (χ2n) is 10.2. The Hall–Kier alpha value is -4.92. The number of pyridine rings is 1. The molecular weight excluding hydrogens is 526 g/mol. The summed E-state index contributed by atoms with van der Waals surface area (Å²) in [4.78, 5) is 42.7. The second kappa shape index (κ2) is 11.3. The zero-order valence-electron chi connectivity index (χ0n) is 22.5. The molecule has 1 aliphatic heterocycles. The maximum Gasteiger partial charge on any atom is 0.251 e. The number of halogens is 2. The Labute approximate surface area is 235 Å². The Bertz CT molecular complexity index is 1690. The van der Waals surface area contributed by atoms with Crippen molar-refractivity contribution in [1.82, 2.24) is 10.3 Å². The van der Waals surface area contributed by atoms with Gasteiger partial charge in [0, 0.05) is 23.9 Å². The summed E-state index contributed by atoms with van der Waals surface area (Å²) in [5, 5.41) is 5.87. The first-order valence-corrected chi connectivity index (χ1v) is 13.1. The third kappa shape index (κ3) is 5.84. The van der Waals surface area contributed by atoms with Gasteiger partial charge in [0.25, 0.3) is 5.91 Å². The molecule has 5 rings (SSSR count). The smallest absolute Gasteiger partial charge is 0.251 e. The quantitative estimate of drug-likeness (QED) is 0.275. The van der Waals surface area contributed by atoms with Gasteiger partial charge in [-0.2, -0.15) is 0 Å². The zero-order chi connectivity index (χ0) is 29.3. The van der Waals surface area contributed by atoms with Crippen LogP contribution in [-0.2, 0) is 16.0 Å². The monoisotopic (exact) mass is 554 g/mol. The molecule has 2 atom stereocenters. The van der Waals surface area contributed by atoms with Crippen LogP contribution in [0.1, 0.15) is 56.7 Å². The van der Waals surface area contributed by atoms with Crippen molar-refractivity contribution in [2.24, 2.45) is 5.73 Å². The van der Waals surface area contributed by atoms with Crippen molar-refractivity contribution in [2.75, 3.05) is 5.32 Å². The number of nitrogens with zero attached hydrogens (tertiary/aromatic N) is 1. The molecule has 4 N–H and O–H groups in total. The average Bonchev–Trinajstić information content (AvgIpc) is 3.22. The standard InChI is InChI=1S/C32H28F2N4O3/c1-17-11-18(2)29-24(32(41)38-26(29)12-17)16-28(39)37-27(14-19-5-3-6-21(33)13-19)30-22(7-4-10-36-30)20-8-9-25(34)23(15-20)31(35)40/h3-13,15,24,27H,14,16H2,1-2H3,(H2,35,40)(H,37,39)(H,38,41). The van der Waals surface area contributed by atoms with Crippen LogP contribution in [0.4, 0.5) is 14.5 Å². The number of primary amides is 1. The Kier molecular flexibility index (Phi) is 7.61. The molecule has 9 heteroatoms. The molecule has 0 saturated heterocycles. The number of aromatic nitrogens is 1. The number of carbonyl (C=O) groups excluding carboxylic acids is 3. The van der Waals surface area contributed by atoms with E-state index >= 15 is 0 Å². The van der Waals surface area contributed by atoms with Crippen LogP contribution >= 0.6 is 0 Å². The maximum atomic E-state index is 14.2. The molecule has 208 valence electrons. The first-order valence-electron chi connectivity index (χ1n) is 13.1. The van der Waals surface area contributed by atoms with Crippen molar-refractivity contribution in [2.45, 2.75) is 38.6 Å². The van der Waals surface area contributed by atoms with Crippen LogP contribution in [0.5, 0.6) is 0 Å². The lowest BCUT2D eigenvalue weighted by Gasteiger charge is -2.22. The second-order valence-corrected chi connectivity index (χ2v) is 10.2. The molecule has 3 aromatic carbocycles. The van der Waals surface area contributed by atoms with Gasteiger partial charge in [-0.15, -0.1) is 0 Å². The molecule has 3 amide bonds. The van der Waals surface area contributed by atoms with Gasteiger partial charge in [-0.1, -0.05) is 30.3 Å². The van der Waals surface area contributed by atoms with E-state index in [0.29, 0.717) is 28.1 Å². The van der Waals surface area contributed by atoms with Gasteiger partial charge in [0.2, 0.25) is 11.8 Å². The molecule has 0 saturated carbocycles. The normalized spacial score (nSPS) is 14.7. The van der Waals surface area contributed by atoms with Crippen LogP contribution < -0.4 is 16.4 Å². The summed E-state index contributed by atoms with van der Waals surface area (Å²) in [6.07, 6.45) is 1.63. The summed E-state index contributed by atoms with van der Waals surface area (Å²) in [5.41, 5.74) is 10.5. The zero-order valence-corrected chi connectivity index (χ0v) is 22.5. The van der Waals surface area contributed by atoms with E-state index in [-0.39, 0.29) is 24.3 Å². The van der Waals surface area contributed by atoms with Crippen molar-refractivity contribution in [1.29, 1.82) is 0 Å². The van der Waals surface area contributed by atoms with Crippen molar-refractivity contribution >= 4 is 23.4 Å². The third-order valence-corrected chi connectivity index (χ3v) is 7.22. The van der Waals surface area contributed by atoms with Crippen LogP contribution in [0.3, 0.4) is 0 Å². The topological polar surface area (TPSA) is 114 Å². The van der Waals surface area contributed by atoms with E-state index in [9.17, 15) is 23.2 Å². The lowest BCUT2D eigenvalue weighted by molar-refractivity contribution is -0.125. The summed E-state index contributed by atoms with van der Waals surface area (Å²) < 4.78 is 28.3. The highest BCUT2D eigenvalue weighted by Crippen LogP contribution is 2.38. The highest BCUT2D eigenvalue weighted by molar-refractivity contribution is 6.05. The molecule has 0 bridgehead atoms. The van der Waals surface area contributed by atoms with Gasteiger partial charge >= 0.3 is 0 Å². The predicted octanol–water partition coefficient (Wildman–Crippen LogP) is 5.27. The van der Waals surface area contributed by atoms with E-state index in [1.54, 1.807) is 30.5 Å². The molecule has 1 aliphatic rings. The number of hydrogen-bond donors (Lipinski definition) is 3. The van der Waals surface area contributed by atoms with Crippen LogP contribution in [0.2, 0.25) is 0 Å². The Morgan fingerprint density at radius 3 is 2.61 bits per heavy atom. The number of carbonyl (C=O) groups is 3. The van der Waals surface area contributed by atoms with Crippen LogP contribution in [0.15, 0.2) is 72.9 Å². The number of rotatable bonds is 8. The summed E-state index contributed by atoms with van der Waals surface area (Å²) in [6.45, 7) is 3.85. The van der Waals surface area contributed by atoms with Crippen molar-refractivity contribution in [3.63, 3.8) is 0 Å². The van der Waals surface area contributed by atoms with E-state index in [4.69, 9.17) is 5.73 Å². The minimum absolute atomic E-state index is 0.104. The molecule has 4 aromatic rings. The maximum absolute atomic E-state index is 14.2. The van der Waals surface area contributed by atoms with Gasteiger partial charge in [-0.3, -0.25) is 19.4 Å². The number of aryl methyl sites for hydroxylation is 2. The summed E-state index contributed by atoms with van der Waals surface area (Å²) in [6, 6.07) is 16.5. The van der Waals surface area contributed by atoms with Gasteiger partial charge in [0.15, 0.2) is 0 Å². The molecular formula is C32H28F2N4O3. The van der Waals surface area contributed by atoms with Gasteiger partial charge in [0.1, 0.15) is 11.6 Å². The lowest BCUT2D eigenvalue weighted by atomic mass is 9.91. The van der Waals surface area contributed by atoms with Gasteiger partial charge in [0.05, 0.1) is 23.2 Å². The van der Waals surface area contributed by atoms with Gasteiger partial charge < -0.3 is 16.4 Å². The molecule has 2 unspecified atom stereocenters. The van der Waals surface area contributed by atoms with E-state index in [1.165, 1.54) is 24.3 Å². The predicted molar refractivity (Wildman–Crippen MR) is 151 cm³/mol. The lowest BCUT2D eigenvalue weighted by Crippen LogP contribution is -2.33. The number of benzene rings is 3. The molecule has 0 fully saturated rings. The minimum Gasteiger partial charge on any atom is -0.366 e. The SMILES string of the molecule is Cc1cc(C)c2c(c1)NC(=O)C2CC(=O)NC(Cc1cccc(F)c1)c1ncccc1-c1ccc(F)c(C(N)=O)c1. The van der Waals surface area contributed by atoms with Crippen molar-refractivity contribution < 1.29 is 23.2 Å². The Morgan fingerprint density at radius 2 is 1.85 bits per heavy atom. The molecule has 2 heterocycles. The molecule has 0 spiro atoms. The highest BCUT2D eigenvalue weighted by Gasteiger charge is 2.34. The fourth-order valence-electron chi connectivity index (χ4n) is 5.47. The Morgan fingerprint density at radius 1 is 1.05 bits per heavy atom. The molecule has 41 heavy (non-hydrogen) atoms. The average molecular weight is 555 g/mol. The fraction of sp³-hybridized carbons (Fsp3) is 0.188. The van der Waals surface area contributed by atoms with Gasteiger partial charge in [-0.25, -0.2) is 8.78 Å². The first-order chi connectivity index (χ1) is 19.6. The number of fused-ring (bicyclic) bond motifs is 1. The molecule has 7 nitrogen and oxygen atoms in total.